The van der Waals surface area contributed by atoms with Gasteiger partial charge < -0.3 is 20.3 Å². The number of carboxylic acids is 1. The van der Waals surface area contributed by atoms with Gasteiger partial charge in [-0.3, -0.25) is 4.79 Å². The molecule has 0 aliphatic carbocycles. The van der Waals surface area contributed by atoms with Crippen LogP contribution in [0.25, 0.3) is 0 Å². The second-order valence-electron chi connectivity index (χ2n) is 4.50. The summed E-state index contributed by atoms with van der Waals surface area (Å²) in [6.45, 7) is 0. The Bertz CT molecular complexity index is 669. The molecule has 0 bridgehead atoms. The molecule has 0 amide bonds. The van der Waals surface area contributed by atoms with Gasteiger partial charge in [0.05, 0.1) is 7.11 Å². The molecule has 7 heteroatoms. The van der Waals surface area contributed by atoms with Gasteiger partial charge in [0, 0.05) is 0 Å². The van der Waals surface area contributed by atoms with Crippen molar-refractivity contribution in [1.29, 1.82) is 0 Å². The molecule has 2 rings (SSSR count). The minimum atomic E-state index is -1.08. The number of rotatable bonds is 6. The third-order valence-corrected chi connectivity index (χ3v) is 3.78. The second kappa shape index (κ2) is 7.06. The molecule has 1 heterocycles. The fourth-order valence-corrected chi connectivity index (χ4v) is 2.41. The van der Waals surface area contributed by atoms with Gasteiger partial charge in [0.15, 0.2) is 11.5 Å². The molecule has 1 unspecified atom stereocenters. The Balaban J connectivity index is 2.15. The van der Waals surface area contributed by atoms with E-state index in [2.05, 4.69) is 0 Å². The SMILES string of the molecule is COc1cc(CC(N)C(=O)O)ccc1OC(=O)c1cccs1. The number of hydrogen-bond acceptors (Lipinski definition) is 6. The zero-order valence-electron chi connectivity index (χ0n) is 11.8. The molecule has 0 saturated heterocycles. The van der Waals surface area contributed by atoms with Crippen molar-refractivity contribution in [1.82, 2.24) is 0 Å². The Morgan fingerprint density at radius 3 is 2.68 bits per heavy atom. The highest BCUT2D eigenvalue weighted by Gasteiger charge is 2.16. The number of thiophene rings is 1. The van der Waals surface area contributed by atoms with Crippen LogP contribution in [0.3, 0.4) is 0 Å². The molecule has 0 spiro atoms. The van der Waals surface area contributed by atoms with Crippen molar-refractivity contribution in [2.24, 2.45) is 5.73 Å². The van der Waals surface area contributed by atoms with Crippen LogP contribution in [0.15, 0.2) is 35.7 Å². The zero-order valence-corrected chi connectivity index (χ0v) is 12.6. The van der Waals surface area contributed by atoms with Gasteiger partial charge in [0.2, 0.25) is 0 Å². The Kier molecular flexibility index (Phi) is 5.13. The van der Waals surface area contributed by atoms with Gasteiger partial charge in [-0.05, 0) is 35.6 Å². The number of carbonyl (C=O) groups is 2. The zero-order chi connectivity index (χ0) is 16.1. The number of nitrogens with two attached hydrogens (primary N) is 1. The quantitative estimate of drug-likeness (QED) is 0.623. The summed E-state index contributed by atoms with van der Waals surface area (Å²) in [5.74, 6) is -0.927. The first-order chi connectivity index (χ1) is 10.5. The molecule has 0 fully saturated rings. The first kappa shape index (κ1) is 16.0. The maximum absolute atomic E-state index is 11.9. The molecule has 0 aliphatic heterocycles. The molecule has 1 aromatic carbocycles. The van der Waals surface area contributed by atoms with Gasteiger partial charge in [0.25, 0.3) is 0 Å². The van der Waals surface area contributed by atoms with Crippen LogP contribution in [0.1, 0.15) is 15.2 Å². The van der Waals surface area contributed by atoms with Crippen molar-refractivity contribution >= 4 is 23.3 Å². The lowest BCUT2D eigenvalue weighted by Crippen LogP contribution is -2.32. The van der Waals surface area contributed by atoms with E-state index in [1.54, 1.807) is 35.7 Å². The fourth-order valence-electron chi connectivity index (χ4n) is 1.81. The van der Waals surface area contributed by atoms with Crippen molar-refractivity contribution in [3.05, 3.63) is 46.2 Å². The van der Waals surface area contributed by atoms with Crippen LogP contribution in [0.2, 0.25) is 0 Å². The van der Waals surface area contributed by atoms with Crippen molar-refractivity contribution in [3.63, 3.8) is 0 Å². The Morgan fingerprint density at radius 1 is 1.32 bits per heavy atom. The van der Waals surface area contributed by atoms with Gasteiger partial charge in [-0.15, -0.1) is 11.3 Å². The van der Waals surface area contributed by atoms with Crippen LogP contribution in [0, 0.1) is 0 Å². The molecule has 0 saturated carbocycles. The maximum Gasteiger partial charge on any atom is 0.353 e. The smallest absolute Gasteiger partial charge is 0.353 e. The van der Waals surface area contributed by atoms with Crippen molar-refractivity contribution in [2.45, 2.75) is 12.5 Å². The lowest BCUT2D eigenvalue weighted by atomic mass is 10.1. The Morgan fingerprint density at radius 2 is 2.09 bits per heavy atom. The summed E-state index contributed by atoms with van der Waals surface area (Å²) in [5, 5.41) is 10.6. The third kappa shape index (κ3) is 3.84. The Hall–Kier alpha value is -2.38. The number of ether oxygens (including phenoxy) is 2. The third-order valence-electron chi connectivity index (χ3n) is 2.93. The number of methoxy groups -OCH3 is 1. The molecular formula is C15H15NO5S. The standard InChI is InChI=1S/C15H15NO5S/c1-20-12-8-9(7-10(16)14(17)18)4-5-11(12)21-15(19)13-3-2-6-22-13/h2-6,8,10H,7,16H2,1H3,(H,17,18). The van der Waals surface area contributed by atoms with E-state index in [9.17, 15) is 9.59 Å². The summed E-state index contributed by atoms with van der Waals surface area (Å²) in [5.41, 5.74) is 6.18. The largest absolute Gasteiger partial charge is 0.493 e. The van der Waals surface area contributed by atoms with Crippen molar-refractivity contribution < 1.29 is 24.2 Å². The van der Waals surface area contributed by atoms with Gasteiger partial charge >= 0.3 is 11.9 Å². The van der Waals surface area contributed by atoms with E-state index in [4.69, 9.17) is 20.3 Å². The molecule has 0 radical (unpaired) electrons. The molecule has 1 atom stereocenters. The van der Waals surface area contributed by atoms with Crippen LogP contribution >= 0.6 is 11.3 Å². The highest BCUT2D eigenvalue weighted by atomic mass is 32.1. The minimum absolute atomic E-state index is 0.158. The van der Waals surface area contributed by atoms with E-state index in [-0.39, 0.29) is 12.2 Å². The molecule has 1 aromatic heterocycles. The predicted octanol–water partition coefficient (Wildman–Crippen LogP) is 1.93. The molecule has 22 heavy (non-hydrogen) atoms. The van der Waals surface area contributed by atoms with Gasteiger partial charge in [-0.2, -0.15) is 0 Å². The first-order valence-corrected chi connectivity index (χ1v) is 7.30. The van der Waals surface area contributed by atoms with E-state index >= 15 is 0 Å². The topological polar surface area (TPSA) is 98.8 Å². The van der Waals surface area contributed by atoms with Crippen molar-refractivity contribution in [3.8, 4) is 11.5 Å². The lowest BCUT2D eigenvalue weighted by Gasteiger charge is -2.12. The van der Waals surface area contributed by atoms with E-state index in [1.807, 2.05) is 0 Å². The monoisotopic (exact) mass is 321 g/mol. The highest BCUT2D eigenvalue weighted by molar-refractivity contribution is 7.12. The van der Waals surface area contributed by atoms with Gasteiger partial charge in [-0.1, -0.05) is 12.1 Å². The minimum Gasteiger partial charge on any atom is -0.493 e. The average Bonchev–Trinajstić information content (AvgIpc) is 3.02. The van der Waals surface area contributed by atoms with Gasteiger partial charge in [0.1, 0.15) is 10.9 Å². The summed E-state index contributed by atoms with van der Waals surface area (Å²) in [6.07, 6.45) is 0.158. The number of aliphatic carboxylic acids is 1. The molecule has 0 aliphatic rings. The second-order valence-corrected chi connectivity index (χ2v) is 5.45. The molecule has 2 aromatic rings. The number of esters is 1. The van der Waals surface area contributed by atoms with Gasteiger partial charge in [-0.25, -0.2) is 4.79 Å². The molecular weight excluding hydrogens is 306 g/mol. The normalized spacial score (nSPS) is 11.7. The van der Waals surface area contributed by atoms with Crippen LogP contribution in [0.5, 0.6) is 11.5 Å². The summed E-state index contributed by atoms with van der Waals surface area (Å²) < 4.78 is 10.5. The Labute approximate surface area is 131 Å². The summed E-state index contributed by atoms with van der Waals surface area (Å²) in [4.78, 5) is 23.2. The number of carboxylic acid groups (broad SMARTS) is 1. The van der Waals surface area contributed by atoms with E-state index in [0.717, 1.165) is 0 Å². The van der Waals surface area contributed by atoms with Crippen molar-refractivity contribution in [2.75, 3.05) is 7.11 Å². The molecule has 3 N–H and O–H groups in total. The van der Waals surface area contributed by atoms with E-state index in [0.29, 0.717) is 16.2 Å². The average molecular weight is 321 g/mol. The fraction of sp³-hybridized carbons (Fsp3) is 0.200. The lowest BCUT2D eigenvalue weighted by molar-refractivity contribution is -0.138. The molecule has 6 nitrogen and oxygen atoms in total. The number of hydrogen-bond donors (Lipinski definition) is 2. The van der Waals surface area contributed by atoms with E-state index < -0.39 is 18.0 Å². The number of carbonyl (C=O) groups excluding carboxylic acids is 1. The maximum atomic E-state index is 11.9. The summed E-state index contributed by atoms with van der Waals surface area (Å²) >= 11 is 1.28. The van der Waals surface area contributed by atoms with Crippen LogP contribution in [-0.2, 0) is 11.2 Å². The van der Waals surface area contributed by atoms with E-state index in [1.165, 1.54) is 18.4 Å². The summed E-state index contributed by atoms with van der Waals surface area (Å²) in [7, 11) is 1.44. The van der Waals surface area contributed by atoms with Crippen LogP contribution in [-0.4, -0.2) is 30.2 Å². The number of benzene rings is 1. The first-order valence-electron chi connectivity index (χ1n) is 6.42. The van der Waals surface area contributed by atoms with Crippen LogP contribution in [0.4, 0.5) is 0 Å². The van der Waals surface area contributed by atoms with Crippen LogP contribution < -0.4 is 15.2 Å². The predicted molar refractivity (Wildman–Crippen MR) is 81.6 cm³/mol. The molecule has 116 valence electrons. The highest BCUT2D eigenvalue weighted by Crippen LogP contribution is 2.29. The summed E-state index contributed by atoms with van der Waals surface area (Å²) in [6, 6.07) is 7.26.